The van der Waals surface area contributed by atoms with E-state index in [1.807, 2.05) is 0 Å². The van der Waals surface area contributed by atoms with Crippen LogP contribution in [0.1, 0.15) is 12.0 Å². The predicted molar refractivity (Wildman–Crippen MR) is 66.8 cm³/mol. The number of hydrogen-bond acceptors (Lipinski definition) is 5. The highest BCUT2D eigenvalue weighted by atomic mass is 16.6. The molecule has 1 fully saturated rings. The van der Waals surface area contributed by atoms with Gasteiger partial charge in [0.15, 0.2) is 5.75 Å². The van der Waals surface area contributed by atoms with Crippen LogP contribution < -0.4 is 4.74 Å². The average Bonchev–Trinajstić information content (AvgIpc) is 2.87. The lowest BCUT2D eigenvalue weighted by atomic mass is 9.82. The SMILES string of the molecule is COc1ccc(CC2(C#N)CCOC2)cc1[N+](=O)[O-]. The van der Waals surface area contributed by atoms with Crippen molar-refractivity contribution >= 4 is 5.69 Å². The summed E-state index contributed by atoms with van der Waals surface area (Å²) in [5.41, 5.74) is 0.106. The molecule has 0 aromatic heterocycles. The fourth-order valence-corrected chi connectivity index (χ4v) is 2.25. The average molecular weight is 262 g/mol. The minimum atomic E-state index is -0.567. The molecule has 0 spiro atoms. The van der Waals surface area contributed by atoms with E-state index in [9.17, 15) is 15.4 Å². The Morgan fingerprint density at radius 3 is 2.95 bits per heavy atom. The molecule has 1 aromatic rings. The van der Waals surface area contributed by atoms with Gasteiger partial charge < -0.3 is 9.47 Å². The first kappa shape index (κ1) is 13.3. The molecule has 1 saturated heterocycles. The molecule has 1 atom stereocenters. The van der Waals surface area contributed by atoms with Crippen LogP contribution in [0, 0.1) is 26.9 Å². The highest BCUT2D eigenvalue weighted by Gasteiger charge is 2.35. The molecule has 1 heterocycles. The monoisotopic (exact) mass is 262 g/mol. The first-order valence-electron chi connectivity index (χ1n) is 5.90. The van der Waals surface area contributed by atoms with Crippen molar-refractivity contribution < 1.29 is 14.4 Å². The van der Waals surface area contributed by atoms with Gasteiger partial charge in [-0.15, -0.1) is 0 Å². The van der Waals surface area contributed by atoms with Gasteiger partial charge in [-0.2, -0.15) is 5.26 Å². The summed E-state index contributed by atoms with van der Waals surface area (Å²) in [5, 5.41) is 20.2. The molecule has 0 N–H and O–H groups in total. The Balaban J connectivity index is 2.29. The third-order valence-corrected chi connectivity index (χ3v) is 3.32. The second-order valence-electron chi connectivity index (χ2n) is 4.63. The lowest BCUT2D eigenvalue weighted by molar-refractivity contribution is -0.385. The van der Waals surface area contributed by atoms with Gasteiger partial charge in [-0.3, -0.25) is 10.1 Å². The molecule has 0 aliphatic carbocycles. The van der Waals surface area contributed by atoms with E-state index in [1.165, 1.54) is 13.2 Å². The van der Waals surface area contributed by atoms with E-state index in [-0.39, 0.29) is 11.4 Å². The minimum absolute atomic E-state index is 0.0768. The highest BCUT2D eigenvalue weighted by Crippen LogP contribution is 2.34. The van der Waals surface area contributed by atoms with Crippen LogP contribution in [-0.4, -0.2) is 25.2 Å². The molecule has 2 rings (SSSR count). The number of nitro groups is 1. The van der Waals surface area contributed by atoms with Crippen molar-refractivity contribution in [2.24, 2.45) is 5.41 Å². The molecule has 0 amide bonds. The number of hydrogen-bond donors (Lipinski definition) is 0. The summed E-state index contributed by atoms with van der Waals surface area (Å²) < 4.78 is 10.2. The van der Waals surface area contributed by atoms with Crippen LogP contribution in [0.5, 0.6) is 5.75 Å². The Bertz CT molecular complexity index is 530. The van der Waals surface area contributed by atoms with Gasteiger partial charge in [0.2, 0.25) is 0 Å². The van der Waals surface area contributed by atoms with Crippen molar-refractivity contribution in [2.75, 3.05) is 20.3 Å². The van der Waals surface area contributed by atoms with Crippen LogP contribution in [0.15, 0.2) is 18.2 Å². The molecule has 1 aliphatic heterocycles. The van der Waals surface area contributed by atoms with Crippen LogP contribution in [0.3, 0.4) is 0 Å². The second-order valence-corrected chi connectivity index (χ2v) is 4.63. The largest absolute Gasteiger partial charge is 0.490 e. The Morgan fingerprint density at radius 2 is 2.42 bits per heavy atom. The number of nitro benzene ring substituents is 1. The quantitative estimate of drug-likeness (QED) is 0.612. The van der Waals surface area contributed by atoms with Crippen molar-refractivity contribution in [3.63, 3.8) is 0 Å². The third-order valence-electron chi connectivity index (χ3n) is 3.32. The van der Waals surface area contributed by atoms with Crippen LogP contribution in [0.25, 0.3) is 0 Å². The summed E-state index contributed by atoms with van der Waals surface area (Å²) in [6.45, 7) is 0.940. The molecule has 1 aromatic carbocycles. The molecule has 1 aliphatic rings. The fourth-order valence-electron chi connectivity index (χ4n) is 2.25. The normalized spacial score (nSPS) is 21.9. The summed E-state index contributed by atoms with van der Waals surface area (Å²) in [7, 11) is 1.39. The van der Waals surface area contributed by atoms with E-state index in [0.29, 0.717) is 26.1 Å². The fraction of sp³-hybridized carbons (Fsp3) is 0.462. The zero-order valence-electron chi connectivity index (χ0n) is 10.6. The van der Waals surface area contributed by atoms with Gasteiger partial charge in [0, 0.05) is 12.7 Å². The van der Waals surface area contributed by atoms with Gasteiger partial charge in [0.1, 0.15) is 0 Å². The van der Waals surface area contributed by atoms with Gasteiger partial charge in [-0.1, -0.05) is 6.07 Å². The summed E-state index contributed by atoms with van der Waals surface area (Å²) in [4.78, 5) is 10.5. The molecule has 1 unspecified atom stereocenters. The van der Waals surface area contributed by atoms with Crippen molar-refractivity contribution in [3.8, 4) is 11.8 Å². The summed E-state index contributed by atoms with van der Waals surface area (Å²) in [6, 6.07) is 7.06. The summed E-state index contributed by atoms with van der Waals surface area (Å²) in [6.07, 6.45) is 1.11. The number of rotatable bonds is 4. The van der Waals surface area contributed by atoms with Crippen molar-refractivity contribution in [2.45, 2.75) is 12.8 Å². The number of methoxy groups -OCH3 is 1. The van der Waals surface area contributed by atoms with Gasteiger partial charge in [0.25, 0.3) is 0 Å². The smallest absolute Gasteiger partial charge is 0.311 e. The first-order chi connectivity index (χ1) is 9.10. The number of ether oxygens (including phenoxy) is 2. The molecular formula is C13H14N2O4. The Kier molecular flexibility index (Phi) is 3.67. The second kappa shape index (κ2) is 5.24. The molecule has 100 valence electrons. The minimum Gasteiger partial charge on any atom is -0.490 e. The molecule has 0 radical (unpaired) electrons. The molecule has 0 saturated carbocycles. The van der Waals surface area contributed by atoms with E-state index in [1.54, 1.807) is 12.1 Å². The number of nitriles is 1. The zero-order chi connectivity index (χ0) is 13.9. The van der Waals surface area contributed by atoms with Crippen molar-refractivity contribution in [1.29, 1.82) is 5.26 Å². The van der Waals surface area contributed by atoms with E-state index in [2.05, 4.69) is 6.07 Å². The van der Waals surface area contributed by atoms with E-state index in [4.69, 9.17) is 9.47 Å². The maximum atomic E-state index is 11.0. The van der Waals surface area contributed by atoms with Crippen molar-refractivity contribution in [1.82, 2.24) is 0 Å². The lowest BCUT2D eigenvalue weighted by Gasteiger charge is -2.18. The topological polar surface area (TPSA) is 85.4 Å². The summed E-state index contributed by atoms with van der Waals surface area (Å²) >= 11 is 0. The third kappa shape index (κ3) is 2.66. The number of nitrogens with zero attached hydrogens (tertiary/aromatic N) is 2. The van der Waals surface area contributed by atoms with Crippen molar-refractivity contribution in [3.05, 3.63) is 33.9 Å². The van der Waals surface area contributed by atoms with Gasteiger partial charge in [-0.25, -0.2) is 0 Å². The van der Waals surface area contributed by atoms with Gasteiger partial charge in [-0.05, 0) is 24.5 Å². The van der Waals surface area contributed by atoms with E-state index < -0.39 is 10.3 Å². The Morgan fingerprint density at radius 1 is 1.63 bits per heavy atom. The first-order valence-corrected chi connectivity index (χ1v) is 5.90. The van der Waals surface area contributed by atoms with Crippen LogP contribution in [0.2, 0.25) is 0 Å². The van der Waals surface area contributed by atoms with Crippen LogP contribution in [0.4, 0.5) is 5.69 Å². The predicted octanol–water partition coefficient (Wildman–Crippen LogP) is 2.08. The Hall–Kier alpha value is -2.13. The molecule has 6 heteroatoms. The van der Waals surface area contributed by atoms with Gasteiger partial charge in [0.05, 0.1) is 30.1 Å². The maximum Gasteiger partial charge on any atom is 0.311 e. The zero-order valence-corrected chi connectivity index (χ0v) is 10.6. The molecule has 6 nitrogen and oxygen atoms in total. The summed E-state index contributed by atoms with van der Waals surface area (Å²) in [5.74, 6) is 0.224. The standard InChI is InChI=1S/C13H14N2O4/c1-18-12-3-2-10(6-11(12)15(16)17)7-13(8-14)4-5-19-9-13/h2-3,6H,4-5,7,9H2,1H3. The molecule has 0 bridgehead atoms. The molecule has 19 heavy (non-hydrogen) atoms. The molecular weight excluding hydrogens is 248 g/mol. The lowest BCUT2D eigenvalue weighted by Crippen LogP contribution is -2.21. The van der Waals surface area contributed by atoms with E-state index >= 15 is 0 Å². The maximum absolute atomic E-state index is 11.0. The van der Waals surface area contributed by atoms with Crippen LogP contribution >= 0.6 is 0 Å². The number of benzene rings is 1. The Labute approximate surface area is 110 Å². The van der Waals surface area contributed by atoms with Gasteiger partial charge >= 0.3 is 5.69 Å². The van der Waals surface area contributed by atoms with E-state index in [0.717, 1.165) is 5.56 Å². The van der Waals surface area contributed by atoms with Crippen LogP contribution in [-0.2, 0) is 11.2 Å². The highest BCUT2D eigenvalue weighted by molar-refractivity contribution is 5.49.